The van der Waals surface area contributed by atoms with E-state index >= 15 is 0 Å². The average Bonchev–Trinajstić information content (AvgIpc) is 2.78. The summed E-state index contributed by atoms with van der Waals surface area (Å²) in [5.74, 6) is 1.19. The number of aliphatic hydroxyl groups is 1. The van der Waals surface area contributed by atoms with Crippen LogP contribution in [0.3, 0.4) is 0 Å². The summed E-state index contributed by atoms with van der Waals surface area (Å²) >= 11 is 12.1. The van der Waals surface area contributed by atoms with Crippen molar-refractivity contribution in [1.29, 1.82) is 0 Å². The molecule has 2 aliphatic rings. The van der Waals surface area contributed by atoms with Gasteiger partial charge in [0, 0.05) is 22.0 Å². The van der Waals surface area contributed by atoms with Gasteiger partial charge in [-0.25, -0.2) is 9.48 Å². The molecule has 0 unspecified atom stereocenters. The highest BCUT2D eigenvalue weighted by atomic mass is 35.5. The van der Waals surface area contributed by atoms with Crippen LogP contribution in [0.15, 0.2) is 48.5 Å². The zero-order valence-corrected chi connectivity index (χ0v) is 15.5. The molecule has 130 valence electrons. The largest absolute Gasteiger partial charge is 0.346 e. The van der Waals surface area contributed by atoms with Gasteiger partial charge in [0.2, 0.25) is 0 Å². The summed E-state index contributed by atoms with van der Waals surface area (Å²) in [4.78, 5) is 2.23. The van der Waals surface area contributed by atoms with Crippen LogP contribution in [0, 0.1) is 0 Å². The summed E-state index contributed by atoms with van der Waals surface area (Å²) in [7, 11) is 0. The molecule has 0 aromatic heterocycles. The van der Waals surface area contributed by atoms with Crippen molar-refractivity contribution < 1.29 is 9.68 Å². The summed E-state index contributed by atoms with van der Waals surface area (Å²) in [5, 5.41) is 13.1. The minimum Gasteiger partial charge on any atom is -0.346 e. The number of anilines is 1. The first-order valence-electron chi connectivity index (χ1n) is 8.73. The number of amidine groups is 1. The topological polar surface area (TPSA) is 26.5 Å². The molecule has 0 saturated heterocycles. The van der Waals surface area contributed by atoms with E-state index < -0.39 is 5.72 Å². The number of benzene rings is 2. The molecule has 0 amide bonds. The smallest absolute Gasteiger partial charge is 0.271 e. The molecule has 4 rings (SSSR count). The lowest BCUT2D eigenvalue weighted by molar-refractivity contribution is -0.658. The predicted octanol–water partition coefficient (Wildman–Crippen LogP) is 4.64. The maximum atomic E-state index is 11.7. The van der Waals surface area contributed by atoms with Crippen LogP contribution in [0.4, 0.5) is 5.69 Å². The second kappa shape index (κ2) is 6.64. The van der Waals surface area contributed by atoms with Crippen molar-refractivity contribution in [2.45, 2.75) is 31.4 Å². The van der Waals surface area contributed by atoms with Crippen LogP contribution < -0.4 is 4.90 Å². The van der Waals surface area contributed by atoms with E-state index in [9.17, 15) is 5.11 Å². The van der Waals surface area contributed by atoms with Crippen molar-refractivity contribution in [3.05, 3.63) is 64.1 Å². The van der Waals surface area contributed by atoms with Crippen LogP contribution in [0.5, 0.6) is 0 Å². The molecular formula is C20H21Cl2N2O+. The summed E-state index contributed by atoms with van der Waals surface area (Å²) in [5.41, 5.74) is 0.910. The van der Waals surface area contributed by atoms with Crippen LogP contribution in [0.2, 0.25) is 10.0 Å². The fraction of sp³-hybridized carbons (Fsp3) is 0.350. The Hall–Kier alpha value is -1.55. The third kappa shape index (κ3) is 3.05. The average molecular weight is 376 g/mol. The van der Waals surface area contributed by atoms with Crippen molar-refractivity contribution in [3.63, 3.8) is 0 Å². The lowest BCUT2D eigenvalue weighted by Crippen LogP contribution is -2.41. The Morgan fingerprint density at radius 1 is 0.880 bits per heavy atom. The molecule has 3 nitrogen and oxygen atoms in total. The molecule has 25 heavy (non-hydrogen) atoms. The molecule has 0 saturated carbocycles. The van der Waals surface area contributed by atoms with Gasteiger partial charge in [-0.1, -0.05) is 35.3 Å². The maximum Gasteiger partial charge on any atom is 0.271 e. The molecule has 0 spiro atoms. The zero-order valence-electron chi connectivity index (χ0n) is 14.0. The summed E-state index contributed by atoms with van der Waals surface area (Å²) in [6, 6.07) is 15.4. The third-order valence-electron chi connectivity index (χ3n) is 5.18. The zero-order chi connectivity index (χ0) is 17.4. The highest BCUT2D eigenvalue weighted by Crippen LogP contribution is 2.36. The lowest BCUT2D eigenvalue weighted by atomic mass is 10.0. The monoisotopic (exact) mass is 375 g/mol. The fourth-order valence-corrected chi connectivity index (χ4v) is 4.15. The molecule has 0 radical (unpaired) electrons. The van der Waals surface area contributed by atoms with Gasteiger partial charge in [0.15, 0.2) is 6.54 Å². The number of nitrogens with zero attached hydrogens (tertiary/aromatic N) is 2. The second-order valence-electron chi connectivity index (χ2n) is 6.76. The van der Waals surface area contributed by atoms with Gasteiger partial charge in [-0.3, -0.25) is 0 Å². The van der Waals surface area contributed by atoms with E-state index in [1.165, 1.54) is 12.3 Å². The van der Waals surface area contributed by atoms with E-state index in [-0.39, 0.29) is 0 Å². The van der Waals surface area contributed by atoms with Crippen LogP contribution >= 0.6 is 23.2 Å². The Balaban J connectivity index is 1.79. The predicted molar refractivity (Wildman–Crippen MR) is 103 cm³/mol. The minimum absolute atomic E-state index is 0.506. The van der Waals surface area contributed by atoms with Crippen LogP contribution in [-0.2, 0) is 5.72 Å². The Kier molecular flexibility index (Phi) is 4.48. The summed E-state index contributed by atoms with van der Waals surface area (Å²) < 4.78 is 2.18. The molecule has 1 N–H and O–H groups in total. The van der Waals surface area contributed by atoms with Crippen molar-refractivity contribution >= 4 is 34.7 Å². The standard InChI is InChI=1S/C20H21Cl2N2O/c21-16-7-5-15(6-8-16)20(25)14-23(18-11-9-17(22)10-12-18)19-4-2-1-3-13-24(19)20/h5-12,25H,1-4,13-14H2/q+1/t20-/m0/s1. The number of halogens is 2. The maximum absolute atomic E-state index is 11.7. The highest BCUT2D eigenvalue weighted by Gasteiger charge is 2.51. The molecule has 5 heteroatoms. The van der Waals surface area contributed by atoms with E-state index in [1.807, 2.05) is 48.5 Å². The van der Waals surface area contributed by atoms with Crippen LogP contribution in [0.1, 0.15) is 31.2 Å². The molecule has 2 aliphatic heterocycles. The number of rotatable bonds is 2. The number of β-amino-alcohol motifs (C(OH)–C–C–N with tert-alkyl or cyclic N) is 1. The first-order chi connectivity index (χ1) is 12.1. The Labute approximate surface area is 158 Å². The molecule has 0 fully saturated rings. The van der Waals surface area contributed by atoms with Gasteiger partial charge < -0.3 is 5.11 Å². The molecule has 0 aliphatic carbocycles. The highest BCUT2D eigenvalue weighted by molar-refractivity contribution is 6.30. The molecule has 1 atom stereocenters. The van der Waals surface area contributed by atoms with Gasteiger partial charge in [-0.15, -0.1) is 0 Å². The molecule has 2 aromatic carbocycles. The van der Waals surface area contributed by atoms with E-state index in [2.05, 4.69) is 9.48 Å². The van der Waals surface area contributed by atoms with Crippen molar-refractivity contribution in [2.24, 2.45) is 0 Å². The number of hydrogen-bond donors (Lipinski definition) is 1. The quantitative estimate of drug-likeness (QED) is 0.773. The fourth-order valence-electron chi connectivity index (χ4n) is 3.90. The van der Waals surface area contributed by atoms with Crippen LogP contribution in [0.25, 0.3) is 0 Å². The van der Waals surface area contributed by atoms with Gasteiger partial charge in [-0.2, -0.15) is 0 Å². The van der Waals surface area contributed by atoms with E-state index in [4.69, 9.17) is 23.2 Å². The van der Waals surface area contributed by atoms with Gasteiger partial charge in [0.25, 0.3) is 11.6 Å². The first kappa shape index (κ1) is 16.9. The van der Waals surface area contributed by atoms with E-state index in [0.717, 1.165) is 42.1 Å². The Morgan fingerprint density at radius 3 is 2.20 bits per heavy atom. The molecule has 2 heterocycles. The van der Waals surface area contributed by atoms with Crippen molar-refractivity contribution in [2.75, 3.05) is 18.0 Å². The third-order valence-corrected chi connectivity index (χ3v) is 5.68. The lowest BCUT2D eigenvalue weighted by Gasteiger charge is -2.23. The summed E-state index contributed by atoms with van der Waals surface area (Å²) in [6.07, 6.45) is 4.39. The normalized spacial score (nSPS) is 23.6. The summed E-state index contributed by atoms with van der Waals surface area (Å²) in [6.45, 7) is 1.37. The van der Waals surface area contributed by atoms with Gasteiger partial charge in [-0.05, 0) is 55.7 Å². The van der Waals surface area contributed by atoms with Gasteiger partial charge in [0.1, 0.15) is 5.69 Å². The number of hydrogen-bond acceptors (Lipinski definition) is 2. The van der Waals surface area contributed by atoms with Gasteiger partial charge >= 0.3 is 0 Å². The Morgan fingerprint density at radius 2 is 1.52 bits per heavy atom. The van der Waals surface area contributed by atoms with E-state index in [0.29, 0.717) is 11.6 Å². The molecule has 2 aromatic rings. The second-order valence-corrected chi connectivity index (χ2v) is 7.64. The SMILES string of the molecule is O[C@]1(c2ccc(Cl)cc2)CN(c2ccc(Cl)cc2)C2=[N+]1CCCCC2. The minimum atomic E-state index is -1.04. The van der Waals surface area contributed by atoms with Crippen LogP contribution in [-0.4, -0.2) is 28.6 Å². The van der Waals surface area contributed by atoms with Gasteiger partial charge in [0.05, 0.1) is 6.54 Å². The van der Waals surface area contributed by atoms with Crippen molar-refractivity contribution in [1.82, 2.24) is 0 Å². The first-order valence-corrected chi connectivity index (χ1v) is 9.48. The van der Waals surface area contributed by atoms with Crippen molar-refractivity contribution in [3.8, 4) is 0 Å². The van der Waals surface area contributed by atoms with E-state index in [1.54, 1.807) is 0 Å². The molecular weight excluding hydrogens is 355 g/mol. The molecule has 0 bridgehead atoms. The Bertz CT molecular complexity index is 801.